The first-order valence-corrected chi connectivity index (χ1v) is 7.35. The van der Waals surface area contributed by atoms with Crippen LogP contribution in [0.3, 0.4) is 0 Å². The van der Waals surface area contributed by atoms with Crippen molar-refractivity contribution in [3.8, 4) is 0 Å². The van der Waals surface area contributed by atoms with Crippen molar-refractivity contribution in [2.24, 2.45) is 0 Å². The van der Waals surface area contributed by atoms with Gasteiger partial charge in [0, 0.05) is 18.7 Å². The van der Waals surface area contributed by atoms with Gasteiger partial charge in [0.15, 0.2) is 0 Å². The molecule has 1 aromatic rings. The number of nitrogens with one attached hydrogen (secondary N) is 1. The zero-order valence-electron chi connectivity index (χ0n) is 10.9. The Balaban J connectivity index is 2.01. The molecule has 18 heavy (non-hydrogen) atoms. The van der Waals surface area contributed by atoms with Gasteiger partial charge >= 0.3 is 0 Å². The van der Waals surface area contributed by atoms with Crippen LogP contribution in [0.4, 0.5) is 5.82 Å². The Labute approximate surface area is 117 Å². The van der Waals surface area contributed by atoms with Crippen LogP contribution in [0, 0.1) is 0 Å². The average molecular weight is 314 g/mol. The van der Waals surface area contributed by atoms with Crippen LogP contribution in [0.25, 0.3) is 0 Å². The molecule has 1 saturated heterocycles. The number of nitrogens with zero attached hydrogens (tertiary/aromatic N) is 2. The van der Waals surface area contributed by atoms with Crippen LogP contribution in [0.5, 0.6) is 0 Å². The fourth-order valence-corrected chi connectivity index (χ4v) is 2.82. The topological polar surface area (TPSA) is 47.0 Å². The lowest BCUT2D eigenvalue weighted by molar-refractivity contribution is -0.0864. The lowest BCUT2D eigenvalue weighted by Gasteiger charge is -2.40. The Kier molecular flexibility index (Phi) is 4.56. The Hall–Kier alpha value is -0.680. The maximum Gasteiger partial charge on any atom is 0.130 e. The minimum atomic E-state index is 0.0418. The first kappa shape index (κ1) is 13.7. The predicted octanol–water partition coefficient (Wildman–Crippen LogP) is 3.39. The highest BCUT2D eigenvalue weighted by atomic mass is 79.9. The van der Waals surface area contributed by atoms with E-state index in [0.717, 1.165) is 42.7 Å². The van der Waals surface area contributed by atoms with Crippen LogP contribution < -0.4 is 5.32 Å². The SMILES string of the molecule is CCC1(CC)CC(Nc2cc(Br)ncn2)CCO1. The summed E-state index contributed by atoms with van der Waals surface area (Å²) in [5.74, 6) is 0.880. The van der Waals surface area contributed by atoms with Crippen LogP contribution in [0.15, 0.2) is 17.0 Å². The monoisotopic (exact) mass is 313 g/mol. The summed E-state index contributed by atoms with van der Waals surface area (Å²) in [5, 5.41) is 3.48. The van der Waals surface area contributed by atoms with E-state index >= 15 is 0 Å². The fraction of sp³-hybridized carbons (Fsp3) is 0.692. The Bertz CT molecular complexity index is 396. The lowest BCUT2D eigenvalue weighted by atomic mass is 9.86. The fourth-order valence-electron chi connectivity index (χ4n) is 2.52. The molecule has 1 N–H and O–H groups in total. The van der Waals surface area contributed by atoms with E-state index in [1.54, 1.807) is 6.33 Å². The summed E-state index contributed by atoms with van der Waals surface area (Å²) in [6.45, 7) is 5.23. The van der Waals surface area contributed by atoms with Crippen LogP contribution >= 0.6 is 15.9 Å². The summed E-state index contributed by atoms with van der Waals surface area (Å²) in [6, 6.07) is 2.34. The molecule has 1 atom stereocenters. The van der Waals surface area contributed by atoms with E-state index in [1.165, 1.54) is 0 Å². The molecule has 1 aliphatic rings. The minimum absolute atomic E-state index is 0.0418. The summed E-state index contributed by atoms with van der Waals surface area (Å²) in [6.07, 6.45) is 5.77. The summed E-state index contributed by atoms with van der Waals surface area (Å²) in [7, 11) is 0. The van der Waals surface area contributed by atoms with E-state index in [9.17, 15) is 0 Å². The maximum atomic E-state index is 5.97. The molecule has 0 amide bonds. The van der Waals surface area contributed by atoms with E-state index in [2.05, 4.69) is 45.1 Å². The summed E-state index contributed by atoms with van der Waals surface area (Å²) in [5.41, 5.74) is 0.0418. The number of anilines is 1. The summed E-state index contributed by atoms with van der Waals surface area (Å²) in [4.78, 5) is 8.27. The number of hydrogen-bond donors (Lipinski definition) is 1. The second-order valence-corrected chi connectivity index (χ2v) is 5.61. The Morgan fingerprint density at radius 3 is 2.89 bits per heavy atom. The number of hydrogen-bond acceptors (Lipinski definition) is 4. The number of halogens is 1. The van der Waals surface area contributed by atoms with Crippen LogP contribution in [0.1, 0.15) is 39.5 Å². The molecule has 0 saturated carbocycles. The van der Waals surface area contributed by atoms with Gasteiger partial charge in [0.25, 0.3) is 0 Å². The molecule has 0 radical (unpaired) electrons. The second kappa shape index (κ2) is 5.97. The predicted molar refractivity (Wildman–Crippen MR) is 75.6 cm³/mol. The van der Waals surface area contributed by atoms with E-state index in [1.807, 2.05) is 6.07 Å². The smallest absolute Gasteiger partial charge is 0.130 e. The van der Waals surface area contributed by atoms with Crippen molar-refractivity contribution in [2.45, 2.75) is 51.2 Å². The molecule has 5 heteroatoms. The van der Waals surface area contributed by atoms with Crippen LogP contribution in [-0.4, -0.2) is 28.2 Å². The van der Waals surface area contributed by atoms with Crippen molar-refractivity contribution in [3.63, 3.8) is 0 Å². The van der Waals surface area contributed by atoms with Gasteiger partial charge in [0.1, 0.15) is 16.7 Å². The molecule has 2 rings (SSSR count). The van der Waals surface area contributed by atoms with Gasteiger partial charge in [-0.3, -0.25) is 0 Å². The number of ether oxygens (including phenoxy) is 1. The number of aromatic nitrogens is 2. The van der Waals surface area contributed by atoms with Gasteiger partial charge in [0.2, 0.25) is 0 Å². The molecule has 4 nitrogen and oxygen atoms in total. The van der Waals surface area contributed by atoms with Crippen LogP contribution in [0.2, 0.25) is 0 Å². The Morgan fingerprint density at radius 2 is 2.22 bits per heavy atom. The quantitative estimate of drug-likeness (QED) is 0.866. The Morgan fingerprint density at radius 1 is 1.44 bits per heavy atom. The molecule has 1 fully saturated rings. The average Bonchev–Trinajstić information content (AvgIpc) is 2.39. The molecule has 0 aromatic carbocycles. The molecule has 0 aliphatic carbocycles. The minimum Gasteiger partial charge on any atom is -0.375 e. The standard InChI is InChI=1S/C13H20BrN3O/c1-3-13(4-2)8-10(5-6-18-13)17-12-7-11(14)15-9-16-12/h7,9-10H,3-6,8H2,1-2H3,(H,15,16,17). The molecule has 1 unspecified atom stereocenters. The molecule has 1 aromatic heterocycles. The highest BCUT2D eigenvalue weighted by Gasteiger charge is 2.34. The second-order valence-electron chi connectivity index (χ2n) is 4.80. The molecule has 2 heterocycles. The summed E-state index contributed by atoms with van der Waals surface area (Å²) < 4.78 is 6.78. The van der Waals surface area contributed by atoms with Gasteiger partial charge in [-0.05, 0) is 41.6 Å². The largest absolute Gasteiger partial charge is 0.375 e. The van der Waals surface area contributed by atoms with Gasteiger partial charge in [-0.2, -0.15) is 0 Å². The third-order valence-electron chi connectivity index (χ3n) is 3.77. The van der Waals surface area contributed by atoms with Gasteiger partial charge in [0.05, 0.1) is 5.60 Å². The molecule has 100 valence electrons. The first-order chi connectivity index (χ1) is 8.67. The van der Waals surface area contributed by atoms with Crippen molar-refractivity contribution >= 4 is 21.7 Å². The molecule has 0 bridgehead atoms. The van der Waals surface area contributed by atoms with E-state index in [4.69, 9.17) is 4.74 Å². The molecule has 1 aliphatic heterocycles. The normalized spacial score (nSPS) is 22.7. The van der Waals surface area contributed by atoms with E-state index in [0.29, 0.717) is 6.04 Å². The van der Waals surface area contributed by atoms with Crippen molar-refractivity contribution < 1.29 is 4.74 Å². The number of rotatable bonds is 4. The third-order valence-corrected chi connectivity index (χ3v) is 4.20. The van der Waals surface area contributed by atoms with E-state index < -0.39 is 0 Å². The third kappa shape index (κ3) is 3.20. The first-order valence-electron chi connectivity index (χ1n) is 6.55. The lowest BCUT2D eigenvalue weighted by Crippen LogP contribution is -2.43. The zero-order chi connectivity index (χ0) is 13.0. The molecular weight excluding hydrogens is 294 g/mol. The molecule has 0 spiro atoms. The molecular formula is C13H20BrN3O. The maximum absolute atomic E-state index is 5.97. The van der Waals surface area contributed by atoms with Gasteiger partial charge in [-0.15, -0.1) is 0 Å². The van der Waals surface area contributed by atoms with Gasteiger partial charge < -0.3 is 10.1 Å². The highest BCUT2D eigenvalue weighted by Crippen LogP contribution is 2.32. The highest BCUT2D eigenvalue weighted by molar-refractivity contribution is 9.10. The van der Waals surface area contributed by atoms with Crippen molar-refractivity contribution in [2.75, 3.05) is 11.9 Å². The zero-order valence-corrected chi connectivity index (χ0v) is 12.5. The van der Waals surface area contributed by atoms with Crippen molar-refractivity contribution in [1.82, 2.24) is 9.97 Å². The van der Waals surface area contributed by atoms with Crippen LogP contribution in [-0.2, 0) is 4.74 Å². The van der Waals surface area contributed by atoms with Gasteiger partial charge in [-0.25, -0.2) is 9.97 Å². The summed E-state index contributed by atoms with van der Waals surface area (Å²) >= 11 is 3.36. The van der Waals surface area contributed by atoms with Gasteiger partial charge in [-0.1, -0.05) is 13.8 Å². The van der Waals surface area contributed by atoms with Crippen molar-refractivity contribution in [1.29, 1.82) is 0 Å². The van der Waals surface area contributed by atoms with Crippen molar-refractivity contribution in [3.05, 3.63) is 17.0 Å². The van der Waals surface area contributed by atoms with E-state index in [-0.39, 0.29) is 5.60 Å².